The van der Waals surface area contributed by atoms with E-state index in [9.17, 15) is 13.2 Å². The normalized spacial score (nSPS) is 18.1. The first-order chi connectivity index (χ1) is 14.3. The largest absolute Gasteiger partial charge is 0.497 e. The van der Waals surface area contributed by atoms with E-state index < -0.39 is 16.1 Å². The van der Waals surface area contributed by atoms with E-state index in [0.717, 1.165) is 0 Å². The number of nitrogens with zero attached hydrogens (tertiary/aromatic N) is 4. The number of carbonyl (C=O) groups excluding carboxylic acids is 1. The minimum Gasteiger partial charge on any atom is -0.497 e. The fourth-order valence-corrected chi connectivity index (χ4v) is 5.12. The molecule has 2 heterocycles. The van der Waals surface area contributed by atoms with Crippen molar-refractivity contribution in [3.8, 4) is 11.5 Å². The molecule has 0 radical (unpaired) electrons. The lowest BCUT2D eigenvalue weighted by Crippen LogP contribution is -2.40. The fraction of sp³-hybridized carbons (Fsp3) is 0.526. The van der Waals surface area contributed by atoms with Gasteiger partial charge in [0, 0.05) is 32.1 Å². The Morgan fingerprint density at radius 2 is 2.03 bits per heavy atom. The highest BCUT2D eigenvalue weighted by Gasteiger charge is 2.38. The van der Waals surface area contributed by atoms with Crippen molar-refractivity contribution >= 4 is 15.9 Å². The van der Waals surface area contributed by atoms with Gasteiger partial charge >= 0.3 is 0 Å². The van der Waals surface area contributed by atoms with Crippen molar-refractivity contribution < 1.29 is 27.2 Å². The molecule has 1 fully saturated rings. The Morgan fingerprint density at radius 3 is 2.63 bits per heavy atom. The lowest BCUT2D eigenvalue weighted by Gasteiger charge is -2.29. The van der Waals surface area contributed by atoms with E-state index in [1.807, 2.05) is 0 Å². The van der Waals surface area contributed by atoms with Crippen molar-refractivity contribution in [1.29, 1.82) is 0 Å². The number of aromatic nitrogens is 2. The molecule has 10 nitrogen and oxygen atoms in total. The molecular formula is C19H26N4O6S. The summed E-state index contributed by atoms with van der Waals surface area (Å²) in [6, 6.07) is 3.94. The van der Waals surface area contributed by atoms with E-state index in [0.29, 0.717) is 31.0 Å². The first-order valence-electron chi connectivity index (χ1n) is 9.63. The van der Waals surface area contributed by atoms with Crippen LogP contribution in [0, 0.1) is 6.92 Å². The highest BCUT2D eigenvalue weighted by atomic mass is 32.2. The number of sulfonamides is 1. The lowest BCUT2D eigenvalue weighted by molar-refractivity contribution is -0.133. The predicted octanol–water partition coefficient (Wildman–Crippen LogP) is 1.77. The number of hydrogen-bond donors (Lipinski definition) is 0. The maximum Gasteiger partial charge on any atom is 0.250 e. The average Bonchev–Trinajstić information content (AvgIpc) is 3.05. The van der Waals surface area contributed by atoms with Crippen LogP contribution in [0.3, 0.4) is 0 Å². The van der Waals surface area contributed by atoms with Gasteiger partial charge in [0.2, 0.25) is 15.9 Å². The molecule has 0 bridgehead atoms. The number of amides is 1. The van der Waals surface area contributed by atoms with Crippen molar-refractivity contribution in [3.63, 3.8) is 0 Å². The summed E-state index contributed by atoms with van der Waals surface area (Å²) in [6.07, 6.45) is 0.765. The maximum absolute atomic E-state index is 13.5. The van der Waals surface area contributed by atoms with Crippen molar-refractivity contribution in [2.75, 3.05) is 33.9 Å². The molecule has 30 heavy (non-hydrogen) atoms. The molecule has 1 amide bonds. The highest BCUT2D eigenvalue weighted by Crippen LogP contribution is 2.33. The van der Waals surface area contributed by atoms with Gasteiger partial charge in [-0.1, -0.05) is 12.1 Å². The number of methoxy groups -OCH3 is 2. The molecule has 11 heteroatoms. The number of benzene rings is 1. The molecule has 164 valence electrons. The Kier molecular flexibility index (Phi) is 6.61. The zero-order valence-electron chi connectivity index (χ0n) is 17.5. The average molecular weight is 439 g/mol. The van der Waals surface area contributed by atoms with E-state index in [1.54, 1.807) is 30.9 Å². The van der Waals surface area contributed by atoms with Crippen LogP contribution in [0.1, 0.15) is 37.5 Å². The van der Waals surface area contributed by atoms with Gasteiger partial charge in [-0.15, -0.1) is 0 Å². The Balaban J connectivity index is 2.02. The number of rotatable bonds is 6. The molecule has 1 aromatic carbocycles. The maximum atomic E-state index is 13.5. The Hall–Kier alpha value is -2.66. The smallest absolute Gasteiger partial charge is 0.250 e. The topological polar surface area (TPSA) is 115 Å². The third-order valence-corrected chi connectivity index (χ3v) is 6.89. The van der Waals surface area contributed by atoms with Crippen LogP contribution in [0.25, 0.3) is 0 Å². The summed E-state index contributed by atoms with van der Waals surface area (Å²) in [5.74, 6) is 1.15. The van der Waals surface area contributed by atoms with Gasteiger partial charge in [0.05, 0.1) is 14.2 Å². The summed E-state index contributed by atoms with van der Waals surface area (Å²) < 4.78 is 44.2. The number of ether oxygens (including phenoxy) is 2. The lowest BCUT2D eigenvalue weighted by atomic mass is 10.2. The molecule has 0 aliphatic carbocycles. The first kappa shape index (κ1) is 22.0. The second-order valence-electron chi connectivity index (χ2n) is 6.87. The molecular weight excluding hydrogens is 412 g/mol. The third kappa shape index (κ3) is 4.26. The summed E-state index contributed by atoms with van der Waals surface area (Å²) >= 11 is 0. The van der Waals surface area contributed by atoms with Gasteiger partial charge in [-0.05, 0) is 25.5 Å². The van der Waals surface area contributed by atoms with Crippen LogP contribution >= 0.6 is 0 Å². The molecule has 1 aromatic heterocycles. The summed E-state index contributed by atoms with van der Waals surface area (Å²) in [5, 5.41) is 3.81. The molecule has 1 saturated heterocycles. The van der Waals surface area contributed by atoms with Crippen LogP contribution in [-0.2, 0) is 14.8 Å². The Bertz CT molecular complexity index is 1010. The molecule has 3 rings (SSSR count). The van der Waals surface area contributed by atoms with Crippen molar-refractivity contribution in [1.82, 2.24) is 19.3 Å². The Morgan fingerprint density at radius 1 is 1.27 bits per heavy atom. The monoisotopic (exact) mass is 438 g/mol. The van der Waals surface area contributed by atoms with Gasteiger partial charge in [0.15, 0.2) is 5.82 Å². The molecule has 1 unspecified atom stereocenters. The zero-order chi connectivity index (χ0) is 21.9. The van der Waals surface area contributed by atoms with Gasteiger partial charge in [-0.3, -0.25) is 4.79 Å². The molecule has 1 atom stereocenters. The second-order valence-corrected chi connectivity index (χ2v) is 8.78. The summed E-state index contributed by atoms with van der Waals surface area (Å²) in [6.45, 7) is 4.06. The van der Waals surface area contributed by atoms with Crippen molar-refractivity contribution in [3.05, 3.63) is 29.9 Å². The van der Waals surface area contributed by atoms with Crippen LogP contribution in [-0.4, -0.2) is 67.5 Å². The summed E-state index contributed by atoms with van der Waals surface area (Å²) in [5.41, 5.74) is 0. The molecule has 1 aliphatic heterocycles. The van der Waals surface area contributed by atoms with Gasteiger partial charge in [0.1, 0.15) is 22.4 Å². The van der Waals surface area contributed by atoms with Gasteiger partial charge < -0.3 is 18.9 Å². The molecule has 2 aromatic rings. The van der Waals surface area contributed by atoms with Crippen LogP contribution < -0.4 is 9.47 Å². The van der Waals surface area contributed by atoms with E-state index in [4.69, 9.17) is 14.0 Å². The second kappa shape index (κ2) is 9.00. The van der Waals surface area contributed by atoms with Crippen LogP contribution in [0.15, 0.2) is 27.6 Å². The zero-order valence-corrected chi connectivity index (χ0v) is 18.3. The minimum atomic E-state index is -3.95. The minimum absolute atomic E-state index is 0.0000719. The first-order valence-corrected chi connectivity index (χ1v) is 11.1. The molecule has 0 saturated carbocycles. The van der Waals surface area contributed by atoms with Gasteiger partial charge in [-0.2, -0.15) is 9.29 Å². The SMILES string of the molecule is CCC(=O)N1CCCN(S(=O)(=O)c2cc(OC)ccc2OC)CC1c1nc(C)no1. The van der Waals surface area contributed by atoms with E-state index in [-0.39, 0.29) is 35.5 Å². The molecule has 1 aliphatic rings. The molecule has 0 N–H and O–H groups in total. The highest BCUT2D eigenvalue weighted by molar-refractivity contribution is 7.89. The standard InChI is InChI=1S/C19H26N4O6S/c1-5-18(24)23-10-6-9-22(12-15(23)19-20-13(2)21-29-19)30(25,26)17-11-14(27-3)7-8-16(17)28-4/h7-8,11,15H,5-6,9-10,12H2,1-4H3. The van der Waals surface area contributed by atoms with E-state index in [2.05, 4.69) is 10.1 Å². The van der Waals surface area contributed by atoms with Crippen molar-refractivity contribution in [2.45, 2.75) is 37.6 Å². The van der Waals surface area contributed by atoms with Crippen LogP contribution in [0.4, 0.5) is 0 Å². The summed E-state index contributed by atoms with van der Waals surface area (Å²) in [7, 11) is -1.07. The van der Waals surface area contributed by atoms with Crippen LogP contribution in [0.2, 0.25) is 0 Å². The van der Waals surface area contributed by atoms with Crippen molar-refractivity contribution in [2.24, 2.45) is 0 Å². The number of carbonyl (C=O) groups is 1. The third-order valence-electron chi connectivity index (χ3n) is 5.00. The van der Waals surface area contributed by atoms with Crippen LogP contribution in [0.5, 0.6) is 11.5 Å². The number of hydrogen-bond acceptors (Lipinski definition) is 8. The fourth-order valence-electron chi connectivity index (χ4n) is 3.46. The Labute approximate surface area is 175 Å². The quantitative estimate of drug-likeness (QED) is 0.670. The van der Waals surface area contributed by atoms with E-state index in [1.165, 1.54) is 24.6 Å². The number of aryl methyl sites for hydroxylation is 1. The summed E-state index contributed by atoms with van der Waals surface area (Å²) in [4.78, 5) is 18.4. The predicted molar refractivity (Wildman–Crippen MR) is 107 cm³/mol. The van der Waals surface area contributed by atoms with Gasteiger partial charge in [-0.25, -0.2) is 8.42 Å². The van der Waals surface area contributed by atoms with Gasteiger partial charge in [0.25, 0.3) is 5.89 Å². The van der Waals surface area contributed by atoms with E-state index >= 15 is 0 Å². The molecule has 0 spiro atoms.